The summed E-state index contributed by atoms with van der Waals surface area (Å²) in [7, 11) is 1.31. The lowest BCUT2D eigenvalue weighted by Crippen LogP contribution is -2.40. The second-order valence-electron chi connectivity index (χ2n) is 7.83. The Morgan fingerprint density at radius 1 is 1.06 bits per heavy atom. The molecular weight excluding hydrogens is 452 g/mol. The van der Waals surface area contributed by atoms with E-state index in [2.05, 4.69) is 4.99 Å². The van der Waals surface area contributed by atoms with E-state index in [1.165, 1.54) is 23.0 Å². The smallest absolute Gasteiger partial charge is 0.338 e. The first-order valence-electron chi connectivity index (χ1n) is 10.8. The van der Waals surface area contributed by atoms with Gasteiger partial charge >= 0.3 is 11.9 Å². The first kappa shape index (κ1) is 23.4. The van der Waals surface area contributed by atoms with Crippen LogP contribution in [0.15, 0.2) is 69.6 Å². The summed E-state index contributed by atoms with van der Waals surface area (Å²) in [6.45, 7) is 5.66. The van der Waals surface area contributed by atoms with Gasteiger partial charge in [-0.1, -0.05) is 53.3 Å². The van der Waals surface area contributed by atoms with Crippen LogP contribution in [0.4, 0.5) is 0 Å². The van der Waals surface area contributed by atoms with Gasteiger partial charge in [0.15, 0.2) is 4.80 Å². The normalized spacial score (nSPS) is 15.5. The number of hydrogen-bond acceptors (Lipinski definition) is 7. The third-order valence-electron chi connectivity index (χ3n) is 5.54. The second-order valence-corrected chi connectivity index (χ2v) is 8.84. The Labute approximate surface area is 200 Å². The molecule has 3 aromatic rings. The number of hydrogen-bond donors (Lipinski definition) is 0. The van der Waals surface area contributed by atoms with Gasteiger partial charge < -0.3 is 9.47 Å². The number of ether oxygens (including phenoxy) is 2. The number of fused-ring (bicyclic) bond motifs is 1. The van der Waals surface area contributed by atoms with Crippen molar-refractivity contribution in [2.45, 2.75) is 26.8 Å². The van der Waals surface area contributed by atoms with E-state index >= 15 is 0 Å². The summed E-state index contributed by atoms with van der Waals surface area (Å²) in [5, 5.41) is 0. The first-order chi connectivity index (χ1) is 16.3. The van der Waals surface area contributed by atoms with Gasteiger partial charge in [0.2, 0.25) is 0 Å². The predicted octanol–water partition coefficient (Wildman–Crippen LogP) is 2.89. The summed E-state index contributed by atoms with van der Waals surface area (Å²) < 4.78 is 12.1. The molecule has 1 aromatic heterocycles. The number of thiazole rings is 1. The minimum atomic E-state index is -0.734. The average molecular weight is 477 g/mol. The molecule has 0 saturated heterocycles. The predicted molar refractivity (Wildman–Crippen MR) is 129 cm³/mol. The Morgan fingerprint density at radius 2 is 1.74 bits per heavy atom. The molecule has 0 spiro atoms. The summed E-state index contributed by atoms with van der Waals surface area (Å²) in [4.78, 5) is 43.4. The molecule has 1 atom stereocenters. The maximum absolute atomic E-state index is 13.6. The molecule has 8 heteroatoms. The molecule has 0 N–H and O–H groups in total. The molecule has 0 fully saturated rings. The van der Waals surface area contributed by atoms with Gasteiger partial charge in [-0.25, -0.2) is 14.6 Å². The van der Waals surface area contributed by atoms with Crippen molar-refractivity contribution in [3.63, 3.8) is 0 Å². The topological polar surface area (TPSA) is 87.0 Å². The number of carbonyl (C=O) groups excluding carboxylic acids is 2. The van der Waals surface area contributed by atoms with Gasteiger partial charge in [0.1, 0.15) is 0 Å². The van der Waals surface area contributed by atoms with E-state index in [-0.39, 0.29) is 12.2 Å². The zero-order chi connectivity index (χ0) is 24.4. The molecule has 2 aromatic carbocycles. The largest absolute Gasteiger partial charge is 0.465 e. The van der Waals surface area contributed by atoms with Gasteiger partial charge in [-0.15, -0.1) is 0 Å². The van der Waals surface area contributed by atoms with Crippen LogP contribution in [0, 0.1) is 6.92 Å². The number of esters is 2. The molecular formula is C26H24N2O5S. The Bertz CT molecular complexity index is 1460. The fourth-order valence-electron chi connectivity index (χ4n) is 3.84. The lowest BCUT2D eigenvalue weighted by atomic mass is 9.95. The van der Waals surface area contributed by atoms with Crippen LogP contribution in [0.5, 0.6) is 0 Å². The molecule has 34 heavy (non-hydrogen) atoms. The fourth-order valence-corrected chi connectivity index (χ4v) is 4.89. The highest BCUT2D eigenvalue weighted by Gasteiger charge is 2.33. The van der Waals surface area contributed by atoms with E-state index in [0.29, 0.717) is 31.7 Å². The van der Waals surface area contributed by atoms with Crippen LogP contribution in [0.2, 0.25) is 0 Å². The Morgan fingerprint density at radius 3 is 2.35 bits per heavy atom. The van der Waals surface area contributed by atoms with Crippen LogP contribution in [-0.4, -0.2) is 30.2 Å². The van der Waals surface area contributed by atoms with E-state index in [0.717, 1.165) is 11.1 Å². The number of allylic oxidation sites excluding steroid dienone is 1. The van der Waals surface area contributed by atoms with E-state index in [1.54, 1.807) is 38.1 Å². The van der Waals surface area contributed by atoms with Crippen molar-refractivity contribution >= 4 is 29.4 Å². The highest BCUT2D eigenvalue weighted by molar-refractivity contribution is 7.07. The van der Waals surface area contributed by atoms with Crippen molar-refractivity contribution in [1.29, 1.82) is 0 Å². The van der Waals surface area contributed by atoms with Crippen LogP contribution >= 0.6 is 11.3 Å². The number of rotatable bonds is 5. The third-order valence-corrected chi connectivity index (χ3v) is 6.52. The van der Waals surface area contributed by atoms with Gasteiger partial charge in [0.25, 0.3) is 5.56 Å². The van der Waals surface area contributed by atoms with Gasteiger partial charge in [-0.2, -0.15) is 0 Å². The minimum absolute atomic E-state index is 0.196. The lowest BCUT2D eigenvalue weighted by molar-refractivity contribution is -0.139. The molecule has 1 aliphatic heterocycles. The number of benzene rings is 2. The van der Waals surface area contributed by atoms with Crippen molar-refractivity contribution in [2.75, 3.05) is 13.7 Å². The SMILES string of the molecule is CCOC(=O)C1=C(C)N=c2s/c(=C/c3ccc(C)cc3)c(=O)n2[C@@H]1c1ccc(C(=O)OC)cc1. The van der Waals surface area contributed by atoms with E-state index in [9.17, 15) is 14.4 Å². The van der Waals surface area contributed by atoms with Crippen molar-refractivity contribution in [3.8, 4) is 0 Å². The molecule has 7 nitrogen and oxygen atoms in total. The van der Waals surface area contributed by atoms with Gasteiger partial charge in [0.05, 0.1) is 41.1 Å². The molecule has 0 saturated carbocycles. The van der Waals surface area contributed by atoms with E-state index < -0.39 is 18.0 Å². The number of aromatic nitrogens is 1. The van der Waals surface area contributed by atoms with E-state index in [1.807, 2.05) is 37.3 Å². The molecule has 174 valence electrons. The highest BCUT2D eigenvalue weighted by atomic mass is 32.1. The third kappa shape index (κ3) is 4.36. The maximum Gasteiger partial charge on any atom is 0.338 e. The van der Waals surface area contributed by atoms with Crippen molar-refractivity contribution in [3.05, 3.63) is 102 Å². The Balaban J connectivity index is 1.91. The molecule has 2 heterocycles. The summed E-state index contributed by atoms with van der Waals surface area (Å²) in [6, 6.07) is 13.8. The van der Waals surface area contributed by atoms with Crippen LogP contribution in [0.1, 0.15) is 46.9 Å². The lowest BCUT2D eigenvalue weighted by Gasteiger charge is -2.24. The summed E-state index contributed by atoms with van der Waals surface area (Å²) in [6.07, 6.45) is 1.82. The average Bonchev–Trinajstić information content (AvgIpc) is 3.13. The molecule has 0 unspecified atom stereocenters. The van der Waals surface area contributed by atoms with E-state index in [4.69, 9.17) is 9.47 Å². The van der Waals surface area contributed by atoms with Crippen LogP contribution in [-0.2, 0) is 14.3 Å². The Hall–Kier alpha value is -3.78. The quantitative estimate of drug-likeness (QED) is 0.529. The summed E-state index contributed by atoms with van der Waals surface area (Å²) in [5.74, 6) is -0.996. The van der Waals surface area contributed by atoms with Crippen molar-refractivity contribution in [1.82, 2.24) is 4.57 Å². The summed E-state index contributed by atoms with van der Waals surface area (Å²) >= 11 is 1.27. The van der Waals surface area contributed by atoms with Crippen LogP contribution in [0.3, 0.4) is 0 Å². The summed E-state index contributed by atoms with van der Waals surface area (Å²) in [5.41, 5.74) is 3.59. The highest BCUT2D eigenvalue weighted by Crippen LogP contribution is 2.31. The maximum atomic E-state index is 13.6. The zero-order valence-electron chi connectivity index (χ0n) is 19.3. The van der Waals surface area contributed by atoms with Crippen molar-refractivity contribution in [2.24, 2.45) is 4.99 Å². The number of aryl methyl sites for hydroxylation is 1. The van der Waals surface area contributed by atoms with Crippen LogP contribution < -0.4 is 14.9 Å². The molecule has 0 bridgehead atoms. The molecule has 0 aliphatic carbocycles. The minimum Gasteiger partial charge on any atom is -0.465 e. The molecule has 1 aliphatic rings. The molecule has 4 rings (SSSR count). The van der Waals surface area contributed by atoms with Crippen molar-refractivity contribution < 1.29 is 19.1 Å². The second kappa shape index (κ2) is 9.61. The number of nitrogens with zero attached hydrogens (tertiary/aromatic N) is 2. The Kier molecular flexibility index (Phi) is 6.61. The monoisotopic (exact) mass is 476 g/mol. The number of carbonyl (C=O) groups is 2. The zero-order valence-corrected chi connectivity index (χ0v) is 20.1. The fraction of sp³-hybridized carbons (Fsp3) is 0.231. The first-order valence-corrected chi connectivity index (χ1v) is 11.6. The molecule has 0 radical (unpaired) electrons. The number of methoxy groups -OCH3 is 1. The van der Waals surface area contributed by atoms with Gasteiger partial charge in [-0.05, 0) is 50.1 Å². The van der Waals surface area contributed by atoms with Gasteiger partial charge in [-0.3, -0.25) is 9.36 Å². The van der Waals surface area contributed by atoms with Gasteiger partial charge in [0, 0.05) is 0 Å². The molecule has 0 amide bonds. The standard InChI is InChI=1S/C26H24N2O5S/c1-5-33-25(31)21-16(3)27-26-28(22(21)18-10-12-19(13-11-18)24(30)32-4)23(29)20(34-26)14-17-8-6-15(2)7-9-17/h6-14,22H,5H2,1-4H3/b20-14+/t22-/m1/s1. The van der Waals surface area contributed by atoms with Crippen LogP contribution in [0.25, 0.3) is 6.08 Å².